The normalized spacial score (nSPS) is 34.5. The van der Waals surface area contributed by atoms with Gasteiger partial charge in [-0.15, -0.1) is 0 Å². The zero-order valence-electron chi connectivity index (χ0n) is 7.93. The summed E-state index contributed by atoms with van der Waals surface area (Å²) < 4.78 is 1.10. The second-order valence-electron chi connectivity index (χ2n) is 4.17. The van der Waals surface area contributed by atoms with Crippen LogP contribution in [0.15, 0.2) is 11.1 Å². The number of piperidine rings is 1. The minimum absolute atomic E-state index is 0.751. The molecular weight excluding hydrogens is 228 g/mol. The zero-order chi connectivity index (χ0) is 9.26. The van der Waals surface area contributed by atoms with Gasteiger partial charge in [-0.1, -0.05) is 22.5 Å². The van der Waals surface area contributed by atoms with E-state index in [1.165, 1.54) is 32.5 Å². The van der Waals surface area contributed by atoms with Crippen molar-refractivity contribution in [3.63, 3.8) is 0 Å². The molecule has 2 saturated heterocycles. The summed E-state index contributed by atoms with van der Waals surface area (Å²) in [6.45, 7) is 8.57. The Morgan fingerprint density at radius 3 is 3.08 bits per heavy atom. The fourth-order valence-corrected chi connectivity index (χ4v) is 2.86. The van der Waals surface area contributed by atoms with Crippen LogP contribution in [-0.4, -0.2) is 37.1 Å². The minimum Gasteiger partial charge on any atom is -0.312 e. The minimum atomic E-state index is 0.751. The molecule has 0 aromatic rings. The molecule has 0 radical (unpaired) electrons. The lowest BCUT2D eigenvalue weighted by atomic mass is 9.94. The van der Waals surface area contributed by atoms with E-state index < -0.39 is 0 Å². The third-order valence-electron chi connectivity index (χ3n) is 3.07. The van der Waals surface area contributed by atoms with Gasteiger partial charge in [0.1, 0.15) is 0 Å². The summed E-state index contributed by atoms with van der Waals surface area (Å²) in [5, 5.41) is 3.60. The van der Waals surface area contributed by atoms with Gasteiger partial charge < -0.3 is 5.32 Å². The largest absolute Gasteiger partial charge is 0.312 e. The maximum absolute atomic E-state index is 3.89. The fraction of sp³-hybridized carbons (Fsp3) is 0.800. The van der Waals surface area contributed by atoms with Gasteiger partial charge in [0, 0.05) is 30.2 Å². The topological polar surface area (TPSA) is 15.3 Å². The second kappa shape index (κ2) is 4.11. The van der Waals surface area contributed by atoms with Crippen LogP contribution in [-0.2, 0) is 0 Å². The van der Waals surface area contributed by atoms with Gasteiger partial charge in [0.2, 0.25) is 0 Å². The Balaban J connectivity index is 1.87. The maximum atomic E-state index is 3.89. The van der Waals surface area contributed by atoms with Gasteiger partial charge in [0.05, 0.1) is 0 Å². The molecule has 0 aromatic heterocycles. The van der Waals surface area contributed by atoms with E-state index >= 15 is 0 Å². The van der Waals surface area contributed by atoms with Crippen molar-refractivity contribution >= 4 is 15.9 Å². The van der Waals surface area contributed by atoms with Crippen LogP contribution in [0.25, 0.3) is 0 Å². The van der Waals surface area contributed by atoms with Crippen LogP contribution in [0.1, 0.15) is 12.8 Å². The molecule has 2 unspecified atom stereocenters. The smallest absolute Gasteiger partial charge is 0.0294 e. The molecule has 0 amide bonds. The predicted molar refractivity (Wildman–Crippen MR) is 59.0 cm³/mol. The predicted octanol–water partition coefficient (Wildman–Crippen LogP) is 1.58. The van der Waals surface area contributed by atoms with Crippen LogP contribution >= 0.6 is 15.9 Å². The van der Waals surface area contributed by atoms with Gasteiger partial charge in [-0.2, -0.15) is 0 Å². The van der Waals surface area contributed by atoms with Crippen LogP contribution in [0.4, 0.5) is 0 Å². The van der Waals surface area contributed by atoms with Crippen LogP contribution in [0.2, 0.25) is 0 Å². The molecule has 2 rings (SSSR count). The molecule has 0 saturated carbocycles. The SMILES string of the molecule is C=C(Br)CN1CC2CCCNC2C1. The highest BCUT2D eigenvalue weighted by Gasteiger charge is 2.33. The molecule has 0 aromatic carbocycles. The van der Waals surface area contributed by atoms with Gasteiger partial charge in [-0.05, 0) is 25.3 Å². The van der Waals surface area contributed by atoms with Gasteiger partial charge >= 0.3 is 0 Å². The molecule has 74 valence electrons. The van der Waals surface area contributed by atoms with Crippen molar-refractivity contribution in [1.82, 2.24) is 10.2 Å². The lowest BCUT2D eigenvalue weighted by Gasteiger charge is -2.24. The first-order valence-electron chi connectivity index (χ1n) is 5.05. The molecular formula is C10H17BrN2. The Kier molecular flexibility index (Phi) is 3.06. The summed E-state index contributed by atoms with van der Waals surface area (Å²) >= 11 is 3.43. The first kappa shape index (κ1) is 9.69. The standard InChI is InChI=1S/C10H17BrN2/c1-8(11)5-13-6-9-3-2-4-12-10(9)7-13/h9-10,12H,1-7H2. The number of halogens is 1. The Morgan fingerprint density at radius 2 is 2.38 bits per heavy atom. The molecule has 0 bridgehead atoms. The number of nitrogens with one attached hydrogen (secondary N) is 1. The number of likely N-dealkylation sites (tertiary alicyclic amines) is 1. The van der Waals surface area contributed by atoms with Crippen LogP contribution in [0.3, 0.4) is 0 Å². The quantitative estimate of drug-likeness (QED) is 0.794. The van der Waals surface area contributed by atoms with Crippen molar-refractivity contribution in [3.05, 3.63) is 11.1 Å². The number of hydrogen-bond donors (Lipinski definition) is 1. The molecule has 1 N–H and O–H groups in total. The summed E-state index contributed by atoms with van der Waals surface area (Å²) in [7, 11) is 0. The van der Waals surface area contributed by atoms with Gasteiger partial charge in [-0.3, -0.25) is 4.90 Å². The van der Waals surface area contributed by atoms with E-state index in [0.717, 1.165) is 23.0 Å². The number of nitrogens with zero attached hydrogens (tertiary/aromatic N) is 1. The van der Waals surface area contributed by atoms with E-state index in [-0.39, 0.29) is 0 Å². The third-order valence-corrected chi connectivity index (χ3v) is 3.32. The lowest BCUT2D eigenvalue weighted by Crippen LogP contribution is -2.40. The maximum Gasteiger partial charge on any atom is 0.0294 e. The third kappa shape index (κ3) is 2.33. The zero-order valence-corrected chi connectivity index (χ0v) is 9.52. The Hall–Kier alpha value is 0.140. The van der Waals surface area contributed by atoms with Gasteiger partial charge in [-0.25, -0.2) is 0 Å². The molecule has 3 heteroatoms. The summed E-state index contributed by atoms with van der Waals surface area (Å²) in [5.41, 5.74) is 0. The van der Waals surface area contributed by atoms with Crippen molar-refractivity contribution < 1.29 is 0 Å². The summed E-state index contributed by atoms with van der Waals surface area (Å²) in [6.07, 6.45) is 2.76. The van der Waals surface area contributed by atoms with Crippen LogP contribution in [0, 0.1) is 5.92 Å². The van der Waals surface area contributed by atoms with E-state index in [9.17, 15) is 0 Å². The molecule has 2 heterocycles. The lowest BCUT2D eigenvalue weighted by molar-refractivity contribution is 0.335. The van der Waals surface area contributed by atoms with E-state index in [2.05, 4.69) is 32.7 Å². The van der Waals surface area contributed by atoms with Gasteiger partial charge in [0.25, 0.3) is 0 Å². The molecule has 0 spiro atoms. The first-order chi connectivity index (χ1) is 6.25. The molecule has 2 fully saturated rings. The number of rotatable bonds is 2. The highest BCUT2D eigenvalue weighted by Crippen LogP contribution is 2.25. The van der Waals surface area contributed by atoms with Crippen molar-refractivity contribution in [2.24, 2.45) is 5.92 Å². The molecule has 2 aliphatic heterocycles. The van der Waals surface area contributed by atoms with Crippen LogP contribution < -0.4 is 5.32 Å². The highest BCUT2D eigenvalue weighted by molar-refractivity contribution is 9.11. The molecule has 2 nitrogen and oxygen atoms in total. The molecule has 0 aliphatic carbocycles. The van der Waals surface area contributed by atoms with Crippen molar-refractivity contribution in [1.29, 1.82) is 0 Å². The number of hydrogen-bond acceptors (Lipinski definition) is 2. The summed E-state index contributed by atoms with van der Waals surface area (Å²) in [5.74, 6) is 0.889. The molecule has 13 heavy (non-hydrogen) atoms. The molecule has 2 atom stereocenters. The van der Waals surface area contributed by atoms with E-state index in [0.29, 0.717) is 0 Å². The summed E-state index contributed by atoms with van der Waals surface area (Å²) in [6, 6.07) is 0.751. The average molecular weight is 245 g/mol. The Bertz CT molecular complexity index is 191. The molecule has 2 aliphatic rings. The van der Waals surface area contributed by atoms with E-state index in [4.69, 9.17) is 0 Å². The highest BCUT2D eigenvalue weighted by atomic mass is 79.9. The monoisotopic (exact) mass is 244 g/mol. The Morgan fingerprint density at radius 1 is 1.54 bits per heavy atom. The van der Waals surface area contributed by atoms with E-state index in [1.807, 2.05) is 0 Å². The van der Waals surface area contributed by atoms with Crippen LogP contribution in [0.5, 0.6) is 0 Å². The first-order valence-corrected chi connectivity index (χ1v) is 5.84. The number of fused-ring (bicyclic) bond motifs is 1. The van der Waals surface area contributed by atoms with E-state index in [1.54, 1.807) is 0 Å². The fourth-order valence-electron chi connectivity index (χ4n) is 2.51. The summed E-state index contributed by atoms with van der Waals surface area (Å²) in [4.78, 5) is 2.49. The van der Waals surface area contributed by atoms with Gasteiger partial charge in [0.15, 0.2) is 0 Å². The van der Waals surface area contributed by atoms with Crippen molar-refractivity contribution in [3.8, 4) is 0 Å². The average Bonchev–Trinajstić information content (AvgIpc) is 2.44. The second-order valence-corrected chi connectivity index (χ2v) is 5.30. The van der Waals surface area contributed by atoms with Crippen molar-refractivity contribution in [2.75, 3.05) is 26.2 Å². The van der Waals surface area contributed by atoms with Crippen molar-refractivity contribution in [2.45, 2.75) is 18.9 Å². The Labute approximate surface area is 88.5 Å².